The van der Waals surface area contributed by atoms with Crippen molar-refractivity contribution in [3.8, 4) is 11.5 Å². The van der Waals surface area contributed by atoms with Crippen LogP contribution in [0.4, 0.5) is 0 Å². The third-order valence-corrected chi connectivity index (χ3v) is 7.10. The lowest BCUT2D eigenvalue weighted by Crippen LogP contribution is -2.26. The SMILES string of the molecule is Cc1cc(-c2nnc(SCCCC3C4=CC(OS(C)(=O)=O)=CC3CNCC4)n2C)no1. The molecule has 1 aliphatic carbocycles. The first-order valence-electron chi connectivity index (χ1n) is 10.3. The average Bonchev–Trinajstić information content (AvgIpc) is 3.24. The highest BCUT2D eigenvalue weighted by Gasteiger charge is 2.30. The van der Waals surface area contributed by atoms with Crippen LogP contribution in [0.2, 0.25) is 0 Å². The van der Waals surface area contributed by atoms with Crippen LogP contribution in [0.1, 0.15) is 25.0 Å². The van der Waals surface area contributed by atoms with Crippen molar-refractivity contribution >= 4 is 21.9 Å². The molecule has 11 heteroatoms. The van der Waals surface area contributed by atoms with Crippen LogP contribution in [0.3, 0.4) is 0 Å². The number of nitrogens with zero attached hydrogens (tertiary/aromatic N) is 4. The van der Waals surface area contributed by atoms with Crippen LogP contribution in [0.5, 0.6) is 0 Å². The lowest BCUT2D eigenvalue weighted by Gasteiger charge is -2.28. The zero-order valence-electron chi connectivity index (χ0n) is 17.9. The Morgan fingerprint density at radius 3 is 2.97 bits per heavy atom. The summed E-state index contributed by atoms with van der Waals surface area (Å²) in [5.41, 5.74) is 1.95. The molecule has 0 saturated carbocycles. The standard InChI is InChI=1S/C20H27N5O4S2/c1-13-9-18(24-28-13)19-22-23-20(25(19)2)30-8-4-5-17-14-6-7-21-12-15(17)11-16(10-14)29-31(3,26)27/h9-11,15,17,21H,4-8,12H2,1-3H3. The summed E-state index contributed by atoms with van der Waals surface area (Å²) in [5, 5.41) is 16.8. The molecule has 9 nitrogen and oxygen atoms in total. The van der Waals surface area contributed by atoms with Crippen LogP contribution in [-0.4, -0.2) is 53.4 Å². The largest absolute Gasteiger partial charge is 0.383 e. The van der Waals surface area contributed by atoms with Crippen molar-refractivity contribution in [2.45, 2.75) is 31.3 Å². The molecule has 0 amide bonds. The molecule has 1 fully saturated rings. The Balaban J connectivity index is 1.35. The van der Waals surface area contributed by atoms with Crippen molar-refractivity contribution in [1.29, 1.82) is 0 Å². The lowest BCUT2D eigenvalue weighted by atomic mass is 9.78. The van der Waals surface area contributed by atoms with Gasteiger partial charge in [0.25, 0.3) is 0 Å². The van der Waals surface area contributed by atoms with E-state index in [0.717, 1.165) is 55.3 Å². The van der Waals surface area contributed by atoms with Gasteiger partial charge in [-0.1, -0.05) is 22.5 Å². The van der Waals surface area contributed by atoms with Crippen LogP contribution in [0, 0.1) is 18.8 Å². The number of nitrogens with one attached hydrogen (secondary N) is 1. The van der Waals surface area contributed by atoms with Crippen molar-refractivity contribution in [2.24, 2.45) is 18.9 Å². The number of allylic oxidation sites excluding steroid dienone is 1. The second-order valence-electron chi connectivity index (χ2n) is 7.98. The molecule has 1 N–H and O–H groups in total. The fourth-order valence-electron chi connectivity index (χ4n) is 4.13. The van der Waals surface area contributed by atoms with E-state index in [2.05, 4.69) is 20.7 Å². The van der Waals surface area contributed by atoms with Gasteiger partial charge in [-0.05, 0) is 56.7 Å². The maximum atomic E-state index is 11.5. The van der Waals surface area contributed by atoms with Crippen LogP contribution < -0.4 is 5.32 Å². The number of thioether (sulfide) groups is 1. The number of aryl methyl sites for hydroxylation is 1. The first-order valence-corrected chi connectivity index (χ1v) is 13.1. The monoisotopic (exact) mass is 465 g/mol. The maximum absolute atomic E-state index is 11.5. The van der Waals surface area contributed by atoms with Gasteiger partial charge in [0, 0.05) is 25.4 Å². The summed E-state index contributed by atoms with van der Waals surface area (Å²) in [6.07, 6.45) is 7.90. The van der Waals surface area contributed by atoms with E-state index in [1.165, 1.54) is 5.57 Å². The minimum atomic E-state index is -3.52. The van der Waals surface area contributed by atoms with E-state index >= 15 is 0 Å². The molecular formula is C20H27N5O4S2. The Morgan fingerprint density at radius 2 is 2.23 bits per heavy atom. The van der Waals surface area contributed by atoms with Crippen molar-refractivity contribution in [3.63, 3.8) is 0 Å². The molecule has 1 saturated heterocycles. The predicted molar refractivity (Wildman–Crippen MR) is 118 cm³/mol. The van der Waals surface area contributed by atoms with Gasteiger partial charge in [0.1, 0.15) is 11.5 Å². The van der Waals surface area contributed by atoms with Crippen LogP contribution in [0.15, 0.2) is 39.2 Å². The molecule has 0 aromatic carbocycles. The molecule has 2 atom stereocenters. The molecule has 2 aromatic heterocycles. The average molecular weight is 466 g/mol. The number of fused-ring (bicyclic) bond motifs is 2. The highest BCUT2D eigenvalue weighted by atomic mass is 32.2. The first-order chi connectivity index (χ1) is 14.8. The summed E-state index contributed by atoms with van der Waals surface area (Å²) in [6.45, 7) is 3.58. The zero-order valence-corrected chi connectivity index (χ0v) is 19.5. The molecule has 1 aliphatic heterocycles. The highest BCUT2D eigenvalue weighted by Crippen LogP contribution is 2.37. The van der Waals surface area contributed by atoms with Crippen LogP contribution in [0.25, 0.3) is 11.5 Å². The Morgan fingerprint density at radius 1 is 1.39 bits per heavy atom. The van der Waals surface area contributed by atoms with E-state index in [-0.39, 0.29) is 5.92 Å². The predicted octanol–water partition coefficient (Wildman–Crippen LogP) is 2.68. The van der Waals surface area contributed by atoms with Crippen molar-refractivity contribution in [2.75, 3.05) is 25.1 Å². The third kappa shape index (κ3) is 5.39. The zero-order chi connectivity index (χ0) is 22.0. The second-order valence-corrected chi connectivity index (χ2v) is 10.6. The molecule has 2 unspecified atom stereocenters. The van der Waals surface area contributed by atoms with Crippen molar-refractivity contribution in [1.82, 2.24) is 25.2 Å². The summed E-state index contributed by atoms with van der Waals surface area (Å²) in [6, 6.07) is 1.85. The smallest absolute Gasteiger partial charge is 0.306 e. The van der Waals surface area contributed by atoms with E-state index in [0.29, 0.717) is 23.2 Å². The summed E-state index contributed by atoms with van der Waals surface area (Å²) < 4.78 is 35.3. The van der Waals surface area contributed by atoms with Gasteiger partial charge in [-0.2, -0.15) is 8.42 Å². The summed E-state index contributed by atoms with van der Waals surface area (Å²) >= 11 is 1.68. The Labute approximate surface area is 186 Å². The molecule has 168 valence electrons. The Bertz CT molecular complexity index is 1100. The maximum Gasteiger partial charge on any atom is 0.306 e. The van der Waals surface area contributed by atoms with Gasteiger partial charge in [-0.25, -0.2) is 0 Å². The molecule has 2 bridgehead atoms. The molecule has 0 radical (unpaired) electrons. The van der Waals surface area contributed by atoms with Gasteiger partial charge >= 0.3 is 10.1 Å². The molecule has 0 spiro atoms. The van der Waals surface area contributed by atoms with Crippen LogP contribution in [-0.2, 0) is 21.3 Å². The van der Waals surface area contributed by atoms with E-state index in [4.69, 9.17) is 8.71 Å². The first kappa shape index (κ1) is 22.1. The number of aromatic nitrogens is 4. The normalized spacial score (nSPS) is 21.4. The minimum absolute atomic E-state index is 0.237. The molecule has 2 aliphatic rings. The summed E-state index contributed by atoms with van der Waals surface area (Å²) in [4.78, 5) is 0. The molecule has 2 aromatic rings. The van der Waals surface area contributed by atoms with E-state index in [1.807, 2.05) is 36.8 Å². The van der Waals surface area contributed by atoms with E-state index in [9.17, 15) is 8.42 Å². The number of rotatable bonds is 8. The third-order valence-electron chi connectivity index (χ3n) is 5.50. The van der Waals surface area contributed by atoms with E-state index < -0.39 is 10.1 Å². The Hall–Kier alpha value is -2.11. The fourth-order valence-corrected chi connectivity index (χ4v) is 5.45. The second kappa shape index (κ2) is 9.17. The summed E-state index contributed by atoms with van der Waals surface area (Å²) in [5.74, 6) is 3.44. The molecule has 31 heavy (non-hydrogen) atoms. The van der Waals surface area contributed by atoms with Crippen molar-refractivity contribution < 1.29 is 17.1 Å². The summed E-state index contributed by atoms with van der Waals surface area (Å²) in [7, 11) is -1.59. The topological polar surface area (TPSA) is 112 Å². The fraction of sp³-hybridized carbons (Fsp3) is 0.550. The van der Waals surface area contributed by atoms with Gasteiger partial charge in [-0.3, -0.25) is 0 Å². The van der Waals surface area contributed by atoms with Gasteiger partial charge in [-0.15, -0.1) is 10.2 Å². The molecule has 3 heterocycles. The number of hydrogen-bond acceptors (Lipinski definition) is 9. The van der Waals surface area contributed by atoms with Gasteiger partial charge < -0.3 is 18.6 Å². The highest BCUT2D eigenvalue weighted by molar-refractivity contribution is 7.99. The van der Waals surface area contributed by atoms with Gasteiger partial charge in [0.2, 0.25) is 0 Å². The molecule has 4 rings (SSSR count). The molecular weight excluding hydrogens is 438 g/mol. The van der Waals surface area contributed by atoms with Gasteiger partial charge in [0.15, 0.2) is 16.7 Å². The van der Waals surface area contributed by atoms with E-state index in [1.54, 1.807) is 11.8 Å². The number of hydrogen-bond donors (Lipinski definition) is 1. The lowest BCUT2D eigenvalue weighted by molar-refractivity contribution is 0.374. The van der Waals surface area contributed by atoms with Crippen molar-refractivity contribution in [3.05, 3.63) is 35.3 Å². The minimum Gasteiger partial charge on any atom is -0.383 e. The Kier molecular flexibility index (Phi) is 6.54. The van der Waals surface area contributed by atoms with Crippen LogP contribution >= 0.6 is 11.8 Å². The van der Waals surface area contributed by atoms with Gasteiger partial charge in [0.05, 0.1) is 6.26 Å². The quantitative estimate of drug-likeness (QED) is 0.357.